The maximum Gasteiger partial charge on any atom is 0.157 e. The Labute approximate surface area is 122 Å². The number of hydrogen-bond donors (Lipinski definition) is 1. The minimum absolute atomic E-state index is 0.235. The third kappa shape index (κ3) is 3.12. The van der Waals surface area contributed by atoms with Gasteiger partial charge in [-0.25, -0.2) is 4.98 Å². The molecule has 0 aliphatic carbocycles. The van der Waals surface area contributed by atoms with Crippen molar-refractivity contribution >= 4 is 28.3 Å². The van der Waals surface area contributed by atoms with Gasteiger partial charge in [0.2, 0.25) is 0 Å². The van der Waals surface area contributed by atoms with Gasteiger partial charge in [0.1, 0.15) is 5.01 Å². The number of thioether (sulfide) groups is 1. The van der Waals surface area contributed by atoms with E-state index in [2.05, 4.69) is 22.2 Å². The first-order chi connectivity index (χ1) is 9.30. The van der Waals surface area contributed by atoms with Gasteiger partial charge < -0.3 is 10.1 Å². The van der Waals surface area contributed by atoms with E-state index < -0.39 is 0 Å². The molecule has 0 bridgehead atoms. The molecule has 0 atom stereocenters. The highest BCUT2D eigenvalue weighted by Crippen LogP contribution is 2.32. The first-order valence-electron chi connectivity index (χ1n) is 6.76. The standard InChI is InChI=1S/C13H19N3OS2/c1-2-10-7-14-11(19-10)8-15-12-16-13(9-18-12)3-5-17-6-4-13/h7H,2-6,8-9H2,1H3,(H,15,16). The van der Waals surface area contributed by atoms with Crippen LogP contribution in [0.4, 0.5) is 0 Å². The van der Waals surface area contributed by atoms with Crippen LogP contribution in [-0.2, 0) is 17.7 Å². The van der Waals surface area contributed by atoms with Crippen molar-refractivity contribution in [3.63, 3.8) is 0 Å². The zero-order chi connectivity index (χ0) is 13.1. The summed E-state index contributed by atoms with van der Waals surface area (Å²) in [6.07, 6.45) is 5.21. The molecule has 1 aromatic heterocycles. The van der Waals surface area contributed by atoms with Crippen LogP contribution >= 0.6 is 23.1 Å². The Hall–Kier alpha value is -0.590. The van der Waals surface area contributed by atoms with Gasteiger partial charge in [-0.3, -0.25) is 4.99 Å². The van der Waals surface area contributed by atoms with Crippen LogP contribution in [0.1, 0.15) is 29.7 Å². The normalized spacial score (nSPS) is 23.9. The maximum atomic E-state index is 5.44. The summed E-state index contributed by atoms with van der Waals surface area (Å²) in [4.78, 5) is 10.4. The van der Waals surface area contributed by atoms with Crippen LogP contribution in [0.15, 0.2) is 11.2 Å². The van der Waals surface area contributed by atoms with Gasteiger partial charge in [-0.15, -0.1) is 11.3 Å². The molecule has 1 spiro atoms. The quantitative estimate of drug-likeness (QED) is 0.931. The second-order valence-corrected chi connectivity index (χ2v) is 7.17. The molecular formula is C13H19N3OS2. The van der Waals surface area contributed by atoms with Gasteiger partial charge >= 0.3 is 0 Å². The first kappa shape index (κ1) is 13.4. The number of aryl methyl sites for hydroxylation is 1. The van der Waals surface area contributed by atoms with Crippen molar-refractivity contribution < 1.29 is 4.74 Å². The number of aliphatic imine (C=N–C) groups is 1. The minimum atomic E-state index is 0.235. The number of hydrogen-bond acceptors (Lipinski definition) is 5. The van der Waals surface area contributed by atoms with Crippen LogP contribution in [0.3, 0.4) is 0 Å². The summed E-state index contributed by atoms with van der Waals surface area (Å²) >= 11 is 3.61. The van der Waals surface area contributed by atoms with Crippen molar-refractivity contribution in [2.24, 2.45) is 4.99 Å². The summed E-state index contributed by atoms with van der Waals surface area (Å²) < 4.78 is 5.44. The Bertz CT molecular complexity index is 466. The Morgan fingerprint density at radius 2 is 2.32 bits per heavy atom. The average Bonchev–Trinajstić information content (AvgIpc) is 3.05. The van der Waals surface area contributed by atoms with Gasteiger partial charge in [-0.2, -0.15) is 0 Å². The van der Waals surface area contributed by atoms with Gasteiger partial charge in [0.25, 0.3) is 0 Å². The molecule has 104 valence electrons. The van der Waals surface area contributed by atoms with Crippen LogP contribution in [0.5, 0.6) is 0 Å². The monoisotopic (exact) mass is 297 g/mol. The molecule has 2 fully saturated rings. The van der Waals surface area contributed by atoms with Gasteiger partial charge in [0.05, 0.1) is 12.1 Å². The molecule has 2 aliphatic rings. The third-order valence-corrected chi connectivity index (χ3v) is 5.94. The number of ether oxygens (including phenoxy) is 1. The van der Waals surface area contributed by atoms with Crippen molar-refractivity contribution in [3.05, 3.63) is 16.1 Å². The number of nitrogens with zero attached hydrogens (tertiary/aromatic N) is 2. The second-order valence-electron chi connectivity index (χ2n) is 5.00. The van der Waals surface area contributed by atoms with E-state index in [1.54, 1.807) is 11.3 Å². The summed E-state index contributed by atoms with van der Waals surface area (Å²) in [5.41, 5.74) is 0.235. The summed E-state index contributed by atoms with van der Waals surface area (Å²) in [6.45, 7) is 4.60. The molecule has 0 radical (unpaired) electrons. The van der Waals surface area contributed by atoms with Gasteiger partial charge in [-0.05, 0) is 19.3 Å². The van der Waals surface area contributed by atoms with E-state index in [1.165, 1.54) is 4.88 Å². The van der Waals surface area contributed by atoms with Crippen molar-refractivity contribution in [1.82, 2.24) is 10.3 Å². The summed E-state index contributed by atoms with van der Waals surface area (Å²) in [5.74, 6) is 1.12. The van der Waals surface area contributed by atoms with E-state index in [1.807, 2.05) is 18.0 Å². The average molecular weight is 297 g/mol. The molecule has 3 heterocycles. The maximum absolute atomic E-state index is 5.44. The van der Waals surface area contributed by atoms with Crippen molar-refractivity contribution in [1.29, 1.82) is 0 Å². The molecule has 2 saturated heterocycles. The molecule has 1 N–H and O–H groups in total. The molecule has 0 aromatic carbocycles. The third-order valence-electron chi connectivity index (χ3n) is 3.62. The zero-order valence-electron chi connectivity index (χ0n) is 11.1. The Balaban J connectivity index is 1.59. The van der Waals surface area contributed by atoms with Crippen LogP contribution < -0.4 is 5.32 Å². The first-order valence-corrected chi connectivity index (χ1v) is 8.57. The highest BCUT2D eigenvalue weighted by molar-refractivity contribution is 8.14. The fourth-order valence-corrected chi connectivity index (χ4v) is 4.35. The van der Waals surface area contributed by atoms with E-state index in [0.29, 0.717) is 6.54 Å². The fraction of sp³-hybridized carbons (Fsp3) is 0.692. The van der Waals surface area contributed by atoms with Crippen molar-refractivity contribution in [2.45, 2.75) is 38.3 Å². The highest BCUT2D eigenvalue weighted by atomic mass is 32.2. The predicted octanol–water partition coefficient (Wildman–Crippen LogP) is 2.45. The predicted molar refractivity (Wildman–Crippen MR) is 81.0 cm³/mol. The lowest BCUT2D eigenvalue weighted by molar-refractivity contribution is 0.0555. The van der Waals surface area contributed by atoms with E-state index in [-0.39, 0.29) is 5.54 Å². The molecular weight excluding hydrogens is 278 g/mol. The summed E-state index contributed by atoms with van der Waals surface area (Å²) in [5, 5.41) is 5.80. The lowest BCUT2D eigenvalue weighted by atomic mass is 9.93. The topological polar surface area (TPSA) is 46.5 Å². The van der Waals surface area contributed by atoms with Crippen LogP contribution in [0.25, 0.3) is 0 Å². The zero-order valence-corrected chi connectivity index (χ0v) is 12.8. The summed E-state index contributed by atoms with van der Waals surface area (Å²) in [7, 11) is 0. The molecule has 0 amide bonds. The number of amidine groups is 1. The number of aromatic nitrogens is 1. The van der Waals surface area contributed by atoms with Crippen LogP contribution in [-0.4, -0.2) is 34.7 Å². The number of nitrogens with one attached hydrogen (secondary N) is 1. The van der Waals surface area contributed by atoms with E-state index in [0.717, 1.165) is 48.4 Å². The molecule has 4 nitrogen and oxygen atoms in total. The SMILES string of the molecule is CCc1cnc(CN=C2NC3(CCOCC3)CS2)s1. The lowest BCUT2D eigenvalue weighted by Crippen LogP contribution is -2.48. The summed E-state index contributed by atoms with van der Waals surface area (Å²) in [6, 6.07) is 0. The number of thiazole rings is 1. The van der Waals surface area contributed by atoms with Crippen molar-refractivity contribution in [2.75, 3.05) is 19.0 Å². The lowest BCUT2D eigenvalue weighted by Gasteiger charge is -2.32. The second kappa shape index (κ2) is 5.81. The molecule has 6 heteroatoms. The largest absolute Gasteiger partial charge is 0.381 e. The molecule has 1 aromatic rings. The molecule has 0 unspecified atom stereocenters. The van der Waals surface area contributed by atoms with E-state index >= 15 is 0 Å². The van der Waals surface area contributed by atoms with E-state index in [4.69, 9.17) is 4.74 Å². The minimum Gasteiger partial charge on any atom is -0.381 e. The number of rotatable bonds is 3. The van der Waals surface area contributed by atoms with Crippen LogP contribution in [0, 0.1) is 0 Å². The molecule has 19 heavy (non-hydrogen) atoms. The smallest absolute Gasteiger partial charge is 0.157 e. The molecule has 3 rings (SSSR count). The van der Waals surface area contributed by atoms with Gasteiger partial charge in [0.15, 0.2) is 5.17 Å². The van der Waals surface area contributed by atoms with Gasteiger partial charge in [-0.1, -0.05) is 18.7 Å². The highest BCUT2D eigenvalue weighted by Gasteiger charge is 2.38. The Morgan fingerprint density at radius 3 is 3.05 bits per heavy atom. The van der Waals surface area contributed by atoms with E-state index in [9.17, 15) is 0 Å². The fourth-order valence-electron chi connectivity index (χ4n) is 2.35. The molecule has 0 saturated carbocycles. The van der Waals surface area contributed by atoms with Gasteiger partial charge in [0, 0.05) is 30.0 Å². The van der Waals surface area contributed by atoms with Crippen molar-refractivity contribution in [3.8, 4) is 0 Å². The Morgan fingerprint density at radius 1 is 1.47 bits per heavy atom. The Kier molecular flexibility index (Phi) is 4.10. The van der Waals surface area contributed by atoms with Crippen LogP contribution in [0.2, 0.25) is 0 Å². The molecule has 2 aliphatic heterocycles.